The Labute approximate surface area is 138 Å². The minimum absolute atomic E-state index is 0.0244. The highest BCUT2D eigenvalue weighted by Gasteiger charge is 2.33. The van der Waals surface area contributed by atoms with Gasteiger partial charge in [-0.1, -0.05) is 0 Å². The van der Waals surface area contributed by atoms with Gasteiger partial charge in [0.1, 0.15) is 11.7 Å². The molecule has 3 rings (SSSR count). The molecule has 2 saturated heterocycles. The maximum atomic E-state index is 12.5. The van der Waals surface area contributed by atoms with Crippen molar-refractivity contribution in [2.45, 2.75) is 18.9 Å². The largest absolute Gasteiger partial charge is 0.478 e. The van der Waals surface area contributed by atoms with Crippen molar-refractivity contribution in [3.8, 4) is 0 Å². The second kappa shape index (κ2) is 6.60. The number of carboxylic acid groups (broad SMARTS) is 1. The Balaban J connectivity index is 1.63. The number of aromatic nitrogens is 2. The lowest BCUT2D eigenvalue weighted by atomic mass is 10.2. The van der Waals surface area contributed by atoms with Gasteiger partial charge in [-0.2, -0.15) is 5.10 Å². The zero-order chi connectivity index (χ0) is 17.3. The lowest BCUT2D eigenvalue weighted by Gasteiger charge is -2.35. The van der Waals surface area contributed by atoms with Crippen LogP contribution in [0.25, 0.3) is 0 Å². The van der Waals surface area contributed by atoms with Gasteiger partial charge in [0.25, 0.3) is 11.8 Å². The molecule has 2 fully saturated rings. The van der Waals surface area contributed by atoms with Gasteiger partial charge in [-0.3, -0.25) is 14.3 Å². The first kappa shape index (κ1) is 16.4. The first-order valence-electron chi connectivity index (χ1n) is 7.94. The number of rotatable bonds is 3. The average Bonchev–Trinajstić information content (AvgIpc) is 3.23. The highest BCUT2D eigenvalue weighted by molar-refractivity contribution is 6.03. The Kier molecular flexibility index (Phi) is 4.52. The van der Waals surface area contributed by atoms with Crippen LogP contribution in [0, 0.1) is 0 Å². The molecule has 1 atom stereocenters. The van der Waals surface area contributed by atoms with Crippen molar-refractivity contribution >= 4 is 17.8 Å². The number of nitrogens with zero attached hydrogens (tertiary/aromatic N) is 4. The van der Waals surface area contributed by atoms with Gasteiger partial charge in [0.15, 0.2) is 5.69 Å². The molecule has 0 unspecified atom stereocenters. The van der Waals surface area contributed by atoms with Crippen LogP contribution in [0.4, 0.5) is 0 Å². The summed E-state index contributed by atoms with van der Waals surface area (Å²) >= 11 is 0. The fourth-order valence-corrected chi connectivity index (χ4v) is 3.06. The summed E-state index contributed by atoms with van der Waals surface area (Å²) in [6.07, 6.45) is 2.59. The smallest absolute Gasteiger partial charge is 0.339 e. The first-order valence-corrected chi connectivity index (χ1v) is 7.94. The van der Waals surface area contributed by atoms with E-state index < -0.39 is 11.9 Å². The summed E-state index contributed by atoms with van der Waals surface area (Å²) in [6.45, 7) is 2.16. The summed E-state index contributed by atoms with van der Waals surface area (Å²) < 4.78 is 6.72. The van der Waals surface area contributed by atoms with Crippen LogP contribution in [0.1, 0.15) is 33.7 Å². The number of carboxylic acids is 1. The number of aromatic carboxylic acids is 1. The fourth-order valence-electron chi connectivity index (χ4n) is 3.06. The molecule has 0 aromatic carbocycles. The molecule has 3 heterocycles. The van der Waals surface area contributed by atoms with Gasteiger partial charge in [0.05, 0.1) is 0 Å². The number of hydrogen-bond acceptors (Lipinski definition) is 5. The van der Waals surface area contributed by atoms with E-state index in [1.165, 1.54) is 15.8 Å². The highest BCUT2D eigenvalue weighted by atomic mass is 16.5. The van der Waals surface area contributed by atoms with Crippen LogP contribution in [0.2, 0.25) is 0 Å². The molecule has 9 nitrogen and oxygen atoms in total. The molecule has 0 radical (unpaired) electrons. The number of amides is 2. The number of carbonyl (C=O) groups excluding carboxylic acids is 2. The second-order valence-electron chi connectivity index (χ2n) is 5.99. The van der Waals surface area contributed by atoms with Gasteiger partial charge in [0, 0.05) is 46.0 Å². The predicted molar refractivity (Wildman–Crippen MR) is 81.6 cm³/mol. The molecule has 0 spiro atoms. The second-order valence-corrected chi connectivity index (χ2v) is 5.99. The van der Waals surface area contributed by atoms with Gasteiger partial charge in [-0.25, -0.2) is 4.79 Å². The molecule has 24 heavy (non-hydrogen) atoms. The quantitative estimate of drug-likeness (QED) is 0.804. The molecule has 2 amide bonds. The van der Waals surface area contributed by atoms with Gasteiger partial charge >= 0.3 is 5.97 Å². The third kappa shape index (κ3) is 3.12. The third-order valence-corrected chi connectivity index (χ3v) is 4.35. The molecule has 1 aromatic heterocycles. The van der Waals surface area contributed by atoms with Crippen molar-refractivity contribution in [2.75, 3.05) is 32.8 Å². The lowest BCUT2D eigenvalue weighted by molar-refractivity contribution is -0.142. The van der Waals surface area contributed by atoms with E-state index in [1.807, 2.05) is 0 Å². The number of piperazine rings is 1. The van der Waals surface area contributed by atoms with Gasteiger partial charge in [0.2, 0.25) is 0 Å². The Bertz CT molecular complexity index is 657. The standard InChI is InChI=1S/C15H20N4O5/c1-17-9-10(15(22)23)12(16-17)14(21)19-6-4-18(5-7-19)13(20)11-3-2-8-24-11/h9,11H,2-8H2,1H3,(H,22,23)/t11-/m0/s1. The summed E-state index contributed by atoms with van der Waals surface area (Å²) in [6, 6.07) is 0. The van der Waals surface area contributed by atoms with Crippen LogP contribution >= 0.6 is 0 Å². The SMILES string of the molecule is Cn1cc(C(=O)O)c(C(=O)N2CCN(C(=O)[C@@H]3CCCO3)CC2)n1. The van der Waals surface area contributed by atoms with Gasteiger partial charge in [-0.15, -0.1) is 0 Å². The van der Waals surface area contributed by atoms with Crippen molar-refractivity contribution in [3.63, 3.8) is 0 Å². The zero-order valence-electron chi connectivity index (χ0n) is 13.5. The average molecular weight is 336 g/mol. The number of aryl methyl sites for hydroxylation is 1. The minimum atomic E-state index is -1.18. The summed E-state index contributed by atoms with van der Waals surface area (Å²) in [5.74, 6) is -1.63. The van der Waals surface area contributed by atoms with Crippen molar-refractivity contribution in [3.05, 3.63) is 17.5 Å². The van der Waals surface area contributed by atoms with Crippen LogP contribution in [0.3, 0.4) is 0 Å². The van der Waals surface area contributed by atoms with Crippen molar-refractivity contribution < 1.29 is 24.2 Å². The molecule has 0 saturated carbocycles. The summed E-state index contributed by atoms with van der Waals surface area (Å²) in [5, 5.41) is 13.1. The Morgan fingerprint density at radius 1 is 1.21 bits per heavy atom. The van der Waals surface area contributed by atoms with E-state index in [4.69, 9.17) is 4.74 Å². The fraction of sp³-hybridized carbons (Fsp3) is 0.600. The minimum Gasteiger partial charge on any atom is -0.478 e. The molecule has 0 bridgehead atoms. The summed E-state index contributed by atoms with van der Waals surface area (Å²) in [7, 11) is 1.57. The Morgan fingerprint density at radius 3 is 2.46 bits per heavy atom. The van der Waals surface area contributed by atoms with Crippen molar-refractivity contribution in [1.82, 2.24) is 19.6 Å². The molecule has 1 aromatic rings. The van der Waals surface area contributed by atoms with E-state index in [9.17, 15) is 19.5 Å². The Morgan fingerprint density at radius 2 is 1.88 bits per heavy atom. The third-order valence-electron chi connectivity index (χ3n) is 4.35. The predicted octanol–water partition coefficient (Wildman–Crippen LogP) is -0.418. The zero-order valence-corrected chi connectivity index (χ0v) is 13.5. The Hall–Kier alpha value is -2.42. The maximum absolute atomic E-state index is 12.5. The molecule has 2 aliphatic rings. The first-order chi connectivity index (χ1) is 11.5. The summed E-state index contributed by atoms with van der Waals surface area (Å²) in [4.78, 5) is 39.3. The van der Waals surface area contributed by atoms with E-state index in [1.54, 1.807) is 11.9 Å². The van der Waals surface area contributed by atoms with E-state index in [-0.39, 0.29) is 23.3 Å². The molecular weight excluding hydrogens is 316 g/mol. The monoisotopic (exact) mass is 336 g/mol. The van der Waals surface area contributed by atoms with Crippen LogP contribution in [0.5, 0.6) is 0 Å². The van der Waals surface area contributed by atoms with E-state index >= 15 is 0 Å². The van der Waals surface area contributed by atoms with Crippen LogP contribution in [-0.2, 0) is 16.6 Å². The highest BCUT2D eigenvalue weighted by Crippen LogP contribution is 2.17. The number of carbonyl (C=O) groups is 3. The van der Waals surface area contributed by atoms with E-state index in [0.29, 0.717) is 32.8 Å². The normalized spacial score (nSPS) is 21.1. The van der Waals surface area contributed by atoms with Crippen molar-refractivity contribution in [1.29, 1.82) is 0 Å². The lowest BCUT2D eigenvalue weighted by Crippen LogP contribution is -2.53. The van der Waals surface area contributed by atoms with E-state index in [2.05, 4.69) is 5.10 Å². The number of ether oxygens (including phenoxy) is 1. The topological polar surface area (TPSA) is 105 Å². The van der Waals surface area contributed by atoms with Crippen molar-refractivity contribution in [2.24, 2.45) is 7.05 Å². The molecule has 0 aliphatic carbocycles. The molecule has 2 aliphatic heterocycles. The molecule has 9 heteroatoms. The van der Waals surface area contributed by atoms with E-state index in [0.717, 1.165) is 12.8 Å². The van der Waals surface area contributed by atoms with Crippen LogP contribution in [-0.4, -0.2) is 81.4 Å². The molecule has 1 N–H and O–H groups in total. The molecular formula is C15H20N4O5. The summed E-state index contributed by atoms with van der Waals surface area (Å²) in [5.41, 5.74) is -0.177. The molecule has 130 valence electrons. The number of hydrogen-bond donors (Lipinski definition) is 1. The maximum Gasteiger partial charge on any atom is 0.339 e. The van der Waals surface area contributed by atoms with Crippen LogP contribution in [0.15, 0.2) is 6.20 Å². The van der Waals surface area contributed by atoms with Gasteiger partial charge < -0.3 is 19.6 Å². The van der Waals surface area contributed by atoms with Crippen LogP contribution < -0.4 is 0 Å². The van der Waals surface area contributed by atoms with Gasteiger partial charge in [-0.05, 0) is 12.8 Å².